The average Bonchev–Trinajstić information content (AvgIpc) is 3.04. The molecular weight excluding hydrogens is 410 g/mol. The van der Waals surface area contributed by atoms with Crippen molar-refractivity contribution in [1.82, 2.24) is 4.90 Å². The number of methoxy groups -OCH3 is 2. The molecule has 1 N–H and O–H groups in total. The molecule has 1 heterocycles. The third kappa shape index (κ3) is 4.48. The van der Waals surface area contributed by atoms with Crippen molar-refractivity contribution in [2.75, 3.05) is 34.0 Å². The number of ketones is 1. The van der Waals surface area contributed by atoms with Gasteiger partial charge in [0.2, 0.25) is 0 Å². The highest BCUT2D eigenvalue weighted by Gasteiger charge is 2.46. The van der Waals surface area contributed by atoms with Crippen molar-refractivity contribution in [1.29, 1.82) is 0 Å². The number of likely N-dealkylation sites (tertiary alicyclic amines) is 1. The summed E-state index contributed by atoms with van der Waals surface area (Å²) in [6.45, 7) is 4.90. The van der Waals surface area contributed by atoms with Crippen molar-refractivity contribution in [3.8, 4) is 11.5 Å². The van der Waals surface area contributed by atoms with Crippen molar-refractivity contribution in [2.45, 2.75) is 26.3 Å². The maximum absolute atomic E-state index is 13.1. The van der Waals surface area contributed by atoms with Crippen molar-refractivity contribution in [3.63, 3.8) is 0 Å². The summed E-state index contributed by atoms with van der Waals surface area (Å²) in [5.41, 5.74) is 1.94. The van der Waals surface area contributed by atoms with Gasteiger partial charge in [-0.05, 0) is 50.1 Å². The van der Waals surface area contributed by atoms with Gasteiger partial charge in [-0.2, -0.15) is 0 Å². The van der Waals surface area contributed by atoms with Gasteiger partial charge in [0.1, 0.15) is 17.3 Å². The van der Waals surface area contributed by atoms with Crippen LogP contribution in [0.15, 0.2) is 48.0 Å². The van der Waals surface area contributed by atoms with Crippen LogP contribution in [0.4, 0.5) is 0 Å². The fourth-order valence-corrected chi connectivity index (χ4v) is 3.99. The zero-order valence-corrected chi connectivity index (χ0v) is 18.9. The predicted molar refractivity (Wildman–Crippen MR) is 121 cm³/mol. The van der Waals surface area contributed by atoms with Gasteiger partial charge in [-0.15, -0.1) is 0 Å². The summed E-state index contributed by atoms with van der Waals surface area (Å²) in [4.78, 5) is 27.6. The standard InChI is InChI=1S/C25H29NO6/c1-5-32-20-10-7-6-9-18(20)22-21(24(28)25(29)26(22)13-8-14-30-3)23(27)17-11-12-19(31-4)16(2)15-17/h6-7,9-12,15,22,27H,5,8,13-14H2,1-4H3/t22-/m1/s1. The van der Waals surface area contributed by atoms with Crippen LogP contribution in [0.5, 0.6) is 11.5 Å². The quantitative estimate of drug-likeness (QED) is 0.276. The van der Waals surface area contributed by atoms with Gasteiger partial charge in [-0.25, -0.2) is 0 Å². The van der Waals surface area contributed by atoms with E-state index in [9.17, 15) is 14.7 Å². The number of aryl methyl sites for hydroxylation is 1. The lowest BCUT2D eigenvalue weighted by Crippen LogP contribution is -2.31. The molecule has 1 amide bonds. The number of hydrogen-bond donors (Lipinski definition) is 1. The lowest BCUT2D eigenvalue weighted by molar-refractivity contribution is -0.140. The second-order valence-corrected chi connectivity index (χ2v) is 7.49. The lowest BCUT2D eigenvalue weighted by atomic mass is 9.94. The fraction of sp³-hybridized carbons (Fsp3) is 0.360. The van der Waals surface area contributed by atoms with Gasteiger partial charge >= 0.3 is 0 Å². The second kappa shape index (κ2) is 10.3. The number of para-hydroxylation sites is 1. The molecule has 1 atom stereocenters. The first-order valence-corrected chi connectivity index (χ1v) is 10.6. The largest absolute Gasteiger partial charge is 0.507 e. The van der Waals surface area contributed by atoms with E-state index in [1.807, 2.05) is 32.0 Å². The first kappa shape index (κ1) is 23.3. The molecular formula is C25H29NO6. The molecule has 0 bridgehead atoms. The predicted octanol–water partition coefficient (Wildman–Crippen LogP) is 3.86. The van der Waals surface area contributed by atoms with Gasteiger partial charge in [0.15, 0.2) is 0 Å². The Bertz CT molecular complexity index is 1030. The molecule has 1 saturated heterocycles. The molecule has 7 nitrogen and oxygen atoms in total. The Balaban J connectivity index is 2.17. The van der Waals surface area contributed by atoms with Gasteiger partial charge in [0.25, 0.3) is 11.7 Å². The molecule has 2 aromatic rings. The van der Waals surface area contributed by atoms with E-state index in [2.05, 4.69) is 0 Å². The number of carbonyl (C=O) groups excluding carboxylic acids is 2. The minimum Gasteiger partial charge on any atom is -0.507 e. The Morgan fingerprint density at radius 3 is 2.50 bits per heavy atom. The van der Waals surface area contributed by atoms with E-state index < -0.39 is 17.7 Å². The Kier molecular flexibility index (Phi) is 7.53. The molecule has 0 spiro atoms. The number of Topliss-reactive ketones (excluding diaryl/α,β-unsaturated/α-hetero) is 1. The molecule has 1 aliphatic rings. The van der Waals surface area contributed by atoms with Crippen LogP contribution in [0.25, 0.3) is 5.76 Å². The first-order valence-electron chi connectivity index (χ1n) is 10.6. The molecule has 32 heavy (non-hydrogen) atoms. The van der Waals surface area contributed by atoms with E-state index in [1.54, 1.807) is 38.5 Å². The number of rotatable bonds is 9. The summed E-state index contributed by atoms with van der Waals surface area (Å²) in [5.74, 6) is -0.358. The summed E-state index contributed by atoms with van der Waals surface area (Å²) >= 11 is 0. The van der Waals surface area contributed by atoms with E-state index in [4.69, 9.17) is 14.2 Å². The van der Waals surface area contributed by atoms with E-state index in [0.717, 1.165) is 5.56 Å². The minimum atomic E-state index is -0.767. The van der Waals surface area contributed by atoms with Crippen LogP contribution in [0.2, 0.25) is 0 Å². The van der Waals surface area contributed by atoms with Gasteiger partial charge < -0.3 is 24.2 Å². The molecule has 1 aliphatic heterocycles. The molecule has 0 radical (unpaired) electrons. The normalized spacial score (nSPS) is 17.6. The number of hydrogen-bond acceptors (Lipinski definition) is 6. The molecule has 1 fully saturated rings. The van der Waals surface area contributed by atoms with Crippen molar-refractivity contribution in [3.05, 3.63) is 64.7 Å². The number of amides is 1. The molecule has 0 saturated carbocycles. The van der Waals surface area contributed by atoms with Crippen LogP contribution in [-0.2, 0) is 14.3 Å². The average molecular weight is 440 g/mol. The van der Waals surface area contributed by atoms with E-state index in [-0.39, 0.29) is 11.3 Å². The number of ether oxygens (including phenoxy) is 3. The molecule has 3 rings (SSSR count). The third-order valence-corrected chi connectivity index (χ3v) is 5.47. The second-order valence-electron chi connectivity index (χ2n) is 7.49. The maximum Gasteiger partial charge on any atom is 0.295 e. The Morgan fingerprint density at radius 2 is 1.84 bits per heavy atom. The SMILES string of the molecule is CCOc1ccccc1[C@@H]1C(=C(O)c2ccc(OC)c(C)c2)C(=O)C(=O)N1CCCOC. The fourth-order valence-electron chi connectivity index (χ4n) is 3.99. The number of aliphatic hydroxyl groups is 1. The van der Waals surface area contributed by atoms with Gasteiger partial charge in [-0.3, -0.25) is 9.59 Å². The molecule has 2 aromatic carbocycles. The van der Waals surface area contributed by atoms with Gasteiger partial charge in [0.05, 0.1) is 25.3 Å². The maximum atomic E-state index is 13.1. The van der Waals surface area contributed by atoms with E-state index >= 15 is 0 Å². The van der Waals surface area contributed by atoms with Crippen LogP contribution in [0.3, 0.4) is 0 Å². The third-order valence-electron chi connectivity index (χ3n) is 5.47. The number of nitrogens with zero attached hydrogens (tertiary/aromatic N) is 1. The molecule has 170 valence electrons. The van der Waals surface area contributed by atoms with Crippen LogP contribution in [0, 0.1) is 6.92 Å². The Hall–Kier alpha value is -3.32. The van der Waals surface area contributed by atoms with E-state index in [0.29, 0.717) is 48.8 Å². The molecule has 0 aromatic heterocycles. The summed E-state index contributed by atoms with van der Waals surface area (Å²) in [5, 5.41) is 11.2. The van der Waals surface area contributed by atoms with Crippen LogP contribution in [0.1, 0.15) is 36.1 Å². The minimum absolute atomic E-state index is 0.0455. The Labute approximate surface area is 188 Å². The topological polar surface area (TPSA) is 85.3 Å². The highest BCUT2D eigenvalue weighted by molar-refractivity contribution is 6.46. The number of benzene rings is 2. The highest BCUT2D eigenvalue weighted by atomic mass is 16.5. The molecule has 7 heteroatoms. The highest BCUT2D eigenvalue weighted by Crippen LogP contribution is 2.43. The van der Waals surface area contributed by atoms with Crippen molar-refractivity contribution in [2.24, 2.45) is 0 Å². The molecule has 0 aliphatic carbocycles. The zero-order chi connectivity index (χ0) is 23.3. The smallest absolute Gasteiger partial charge is 0.295 e. The summed E-state index contributed by atoms with van der Waals surface area (Å²) in [7, 11) is 3.15. The molecule has 0 unspecified atom stereocenters. The van der Waals surface area contributed by atoms with Crippen LogP contribution in [-0.4, -0.2) is 55.7 Å². The van der Waals surface area contributed by atoms with E-state index in [1.165, 1.54) is 4.90 Å². The van der Waals surface area contributed by atoms with Crippen molar-refractivity contribution < 1.29 is 28.9 Å². The van der Waals surface area contributed by atoms with Crippen LogP contribution >= 0.6 is 0 Å². The monoisotopic (exact) mass is 439 g/mol. The summed E-state index contributed by atoms with van der Waals surface area (Å²) < 4.78 is 16.2. The van der Waals surface area contributed by atoms with Crippen molar-refractivity contribution >= 4 is 17.4 Å². The lowest BCUT2D eigenvalue weighted by Gasteiger charge is -2.26. The van der Waals surface area contributed by atoms with Gasteiger partial charge in [0, 0.05) is 31.4 Å². The number of carbonyl (C=O) groups is 2. The van der Waals surface area contributed by atoms with Crippen LogP contribution < -0.4 is 9.47 Å². The Morgan fingerprint density at radius 1 is 1.09 bits per heavy atom. The summed E-state index contributed by atoms with van der Waals surface area (Å²) in [6, 6.07) is 11.6. The van der Waals surface area contributed by atoms with Gasteiger partial charge in [-0.1, -0.05) is 18.2 Å². The number of aliphatic hydroxyl groups excluding tert-OH is 1. The zero-order valence-electron chi connectivity index (χ0n) is 18.9. The first-order chi connectivity index (χ1) is 15.4. The summed E-state index contributed by atoms with van der Waals surface area (Å²) in [6.07, 6.45) is 0.554.